The summed E-state index contributed by atoms with van der Waals surface area (Å²) in [7, 11) is 0. The number of hydrogen-bond donors (Lipinski definition) is 7. The number of ketones is 2. The van der Waals surface area contributed by atoms with Crippen molar-refractivity contribution in [2.75, 3.05) is 26.2 Å². The lowest BCUT2D eigenvalue weighted by Crippen LogP contribution is -2.45. The van der Waals surface area contributed by atoms with Crippen molar-refractivity contribution in [2.45, 2.75) is 121 Å². The zero-order chi connectivity index (χ0) is 46.8. The lowest BCUT2D eigenvalue weighted by atomic mass is 9.90. The number of nitrogens with one attached hydrogen (secondary N) is 4. The van der Waals surface area contributed by atoms with Crippen molar-refractivity contribution in [3.63, 3.8) is 0 Å². The van der Waals surface area contributed by atoms with Crippen molar-refractivity contribution in [1.82, 2.24) is 26.2 Å². The van der Waals surface area contributed by atoms with Crippen LogP contribution >= 0.6 is 0 Å². The van der Waals surface area contributed by atoms with Crippen molar-refractivity contribution in [3.8, 4) is 0 Å². The normalized spacial score (nSPS) is 19.2. The molecular formula is C46H62N6O12. The third-order valence-electron chi connectivity index (χ3n) is 10.7. The zero-order valence-corrected chi connectivity index (χ0v) is 36.7. The Kier molecular flexibility index (Phi) is 19.6. The third kappa shape index (κ3) is 17.3. The number of imide groups is 1. The van der Waals surface area contributed by atoms with Crippen LogP contribution in [0.5, 0.6) is 0 Å². The quantitative estimate of drug-likeness (QED) is 0.0555. The SMILES string of the molecule is CC(C)(C)OC(=O)NCCc1ccc(CC(=O)C(CCCNC(N)=O)NC(=O)[C@H](CC(=O)C[C@@H]2O[C@H](CNC(=O)CCCCN3C(=O)C=CC3=O)C(O)C2O)Cc2ccccc2)cc1. The molecule has 3 unspecified atom stereocenters. The van der Waals surface area contributed by atoms with E-state index < -0.39 is 77.6 Å². The van der Waals surface area contributed by atoms with Crippen LogP contribution in [0.2, 0.25) is 0 Å². The van der Waals surface area contributed by atoms with Gasteiger partial charge in [0, 0.05) is 69.9 Å². The Balaban J connectivity index is 1.34. The number of aliphatic hydroxyl groups is 2. The van der Waals surface area contributed by atoms with E-state index in [-0.39, 0.29) is 69.8 Å². The lowest BCUT2D eigenvalue weighted by Gasteiger charge is -2.23. The van der Waals surface area contributed by atoms with Crippen LogP contribution in [0.15, 0.2) is 66.7 Å². The van der Waals surface area contributed by atoms with Gasteiger partial charge in [-0.2, -0.15) is 0 Å². The number of alkyl carbamates (subject to hydrolysis) is 1. The number of amides is 7. The maximum Gasteiger partial charge on any atom is 0.407 e. The molecule has 0 aliphatic carbocycles. The Morgan fingerprint density at radius 2 is 1.47 bits per heavy atom. The molecule has 4 rings (SSSR count). The number of rotatable bonds is 25. The number of benzene rings is 2. The zero-order valence-electron chi connectivity index (χ0n) is 36.7. The summed E-state index contributed by atoms with van der Waals surface area (Å²) in [6.07, 6.45) is -1.69. The van der Waals surface area contributed by atoms with Gasteiger partial charge in [-0.25, -0.2) is 9.59 Å². The molecule has 0 saturated carbocycles. The Labute approximate surface area is 373 Å². The first-order valence-electron chi connectivity index (χ1n) is 21.7. The average molecular weight is 891 g/mol. The maximum atomic E-state index is 14.1. The number of primary amides is 1. The van der Waals surface area contributed by atoms with Crippen LogP contribution in [0.4, 0.5) is 9.59 Å². The van der Waals surface area contributed by atoms with Gasteiger partial charge in [0.25, 0.3) is 11.8 Å². The van der Waals surface area contributed by atoms with Crippen LogP contribution in [0, 0.1) is 5.92 Å². The second-order valence-corrected chi connectivity index (χ2v) is 17.1. The van der Waals surface area contributed by atoms with E-state index in [1.54, 1.807) is 45.0 Å². The van der Waals surface area contributed by atoms with Crippen LogP contribution < -0.4 is 27.0 Å². The molecule has 2 aliphatic heterocycles. The van der Waals surface area contributed by atoms with E-state index in [9.17, 15) is 48.6 Å². The summed E-state index contributed by atoms with van der Waals surface area (Å²) < 4.78 is 11.1. The molecule has 0 spiro atoms. The molecule has 18 nitrogen and oxygen atoms in total. The van der Waals surface area contributed by atoms with E-state index >= 15 is 0 Å². The summed E-state index contributed by atoms with van der Waals surface area (Å²) in [6.45, 7) is 5.89. The van der Waals surface area contributed by atoms with Gasteiger partial charge >= 0.3 is 12.1 Å². The molecule has 2 aromatic carbocycles. The molecule has 0 aromatic heterocycles. The number of unbranched alkanes of at least 4 members (excludes halogenated alkanes) is 1. The number of ether oxygens (including phenoxy) is 2. The highest BCUT2D eigenvalue weighted by atomic mass is 16.6. The number of urea groups is 1. The van der Waals surface area contributed by atoms with E-state index in [0.29, 0.717) is 37.8 Å². The minimum Gasteiger partial charge on any atom is -0.444 e. The first kappa shape index (κ1) is 50.7. The van der Waals surface area contributed by atoms with Crippen LogP contribution in [-0.2, 0) is 57.5 Å². The van der Waals surface area contributed by atoms with Gasteiger partial charge in [0.2, 0.25) is 11.8 Å². The van der Waals surface area contributed by atoms with E-state index in [4.69, 9.17) is 15.2 Å². The Morgan fingerprint density at radius 1 is 0.812 bits per heavy atom. The highest BCUT2D eigenvalue weighted by Crippen LogP contribution is 2.26. The van der Waals surface area contributed by atoms with E-state index in [0.717, 1.165) is 16.0 Å². The number of Topliss-reactive ketones (excluding diaryl/α,β-unsaturated/α-hetero) is 2. The molecule has 0 bridgehead atoms. The molecule has 1 saturated heterocycles. The van der Waals surface area contributed by atoms with Crippen molar-refractivity contribution >= 4 is 47.3 Å². The molecular weight excluding hydrogens is 829 g/mol. The molecule has 2 heterocycles. The first-order chi connectivity index (χ1) is 30.4. The molecule has 1 fully saturated rings. The molecule has 6 atom stereocenters. The van der Waals surface area contributed by atoms with Gasteiger partial charge in [0.05, 0.1) is 12.1 Å². The fraction of sp³-hybridized carbons (Fsp3) is 0.522. The second-order valence-electron chi connectivity index (χ2n) is 17.1. The molecule has 18 heteroatoms. The summed E-state index contributed by atoms with van der Waals surface area (Å²) in [6, 6.07) is 14.6. The largest absolute Gasteiger partial charge is 0.444 e. The Bertz CT molecular complexity index is 1950. The lowest BCUT2D eigenvalue weighted by molar-refractivity contribution is -0.137. The van der Waals surface area contributed by atoms with Crippen LogP contribution in [0.3, 0.4) is 0 Å². The van der Waals surface area contributed by atoms with Gasteiger partial charge in [0.1, 0.15) is 29.7 Å². The van der Waals surface area contributed by atoms with E-state index in [1.165, 1.54) is 12.2 Å². The fourth-order valence-corrected chi connectivity index (χ4v) is 7.30. The van der Waals surface area contributed by atoms with Crippen LogP contribution in [0.25, 0.3) is 0 Å². The smallest absolute Gasteiger partial charge is 0.407 e. The monoisotopic (exact) mass is 890 g/mol. The molecule has 7 amide bonds. The number of carbonyl (C=O) groups is 8. The van der Waals surface area contributed by atoms with Crippen molar-refractivity contribution in [1.29, 1.82) is 0 Å². The van der Waals surface area contributed by atoms with Gasteiger partial charge in [-0.3, -0.25) is 33.7 Å². The average Bonchev–Trinajstić information content (AvgIpc) is 3.70. The summed E-state index contributed by atoms with van der Waals surface area (Å²) in [4.78, 5) is 102. The molecule has 8 N–H and O–H groups in total. The molecule has 64 heavy (non-hydrogen) atoms. The highest BCUT2D eigenvalue weighted by molar-refractivity contribution is 6.12. The number of carbonyl (C=O) groups excluding carboxylic acids is 8. The second kappa shape index (κ2) is 24.8. The summed E-state index contributed by atoms with van der Waals surface area (Å²) in [5, 5.41) is 32.2. The summed E-state index contributed by atoms with van der Waals surface area (Å²) >= 11 is 0. The Morgan fingerprint density at radius 3 is 2.12 bits per heavy atom. The standard InChI is InChI=1S/C46H62N6O12/c1-46(2,3)64-45(62)49-22-20-29-14-16-31(17-15-29)25-35(54)34(12-9-21-48-44(47)61)51-43(60)32(24-30-10-5-4-6-11-30)26-33(53)27-36-41(58)42(59)37(63-36)28-50-38(55)13-7-8-23-52-39(56)18-19-40(52)57/h4-6,10-11,14-19,32,34,36-37,41-42,58-59H,7-9,12-13,20-28H2,1-3H3,(H,49,62)(H,50,55)(H,51,60)(H3,47,48,61)/t32-,34?,36-,37+,41?,42?/m0/s1. The molecule has 2 aromatic rings. The molecule has 0 radical (unpaired) electrons. The summed E-state index contributed by atoms with van der Waals surface area (Å²) in [5.74, 6) is -3.36. The Hall–Kier alpha value is -5.98. The number of hydrogen-bond acceptors (Lipinski definition) is 12. The van der Waals surface area contributed by atoms with Crippen molar-refractivity contribution < 1.29 is 58.0 Å². The fourth-order valence-electron chi connectivity index (χ4n) is 7.30. The van der Waals surface area contributed by atoms with Gasteiger partial charge in [-0.05, 0) is 76.0 Å². The summed E-state index contributed by atoms with van der Waals surface area (Å²) in [5.41, 5.74) is 6.99. The van der Waals surface area contributed by atoms with Crippen LogP contribution in [0.1, 0.15) is 82.4 Å². The third-order valence-corrected chi connectivity index (χ3v) is 10.7. The van der Waals surface area contributed by atoms with Gasteiger partial charge < -0.3 is 46.7 Å². The maximum absolute atomic E-state index is 14.1. The van der Waals surface area contributed by atoms with Gasteiger partial charge in [-0.15, -0.1) is 0 Å². The minimum absolute atomic E-state index is 0.0191. The predicted molar refractivity (Wildman–Crippen MR) is 233 cm³/mol. The minimum atomic E-state index is -1.45. The van der Waals surface area contributed by atoms with Crippen LogP contribution in [-0.4, -0.2) is 125 Å². The molecule has 348 valence electrons. The highest BCUT2D eigenvalue weighted by Gasteiger charge is 2.43. The first-order valence-corrected chi connectivity index (χ1v) is 21.7. The number of nitrogens with two attached hydrogens (primary N) is 1. The topological polar surface area (TPSA) is 273 Å². The van der Waals surface area contributed by atoms with Crippen molar-refractivity contribution in [3.05, 3.63) is 83.4 Å². The number of nitrogens with zero attached hydrogens (tertiary/aromatic N) is 1. The van der Waals surface area contributed by atoms with E-state index in [2.05, 4.69) is 21.3 Å². The number of aliphatic hydroxyl groups excluding tert-OH is 2. The predicted octanol–water partition coefficient (Wildman–Crippen LogP) is 1.71. The van der Waals surface area contributed by atoms with Gasteiger partial charge in [0.15, 0.2) is 5.78 Å². The van der Waals surface area contributed by atoms with E-state index in [1.807, 2.05) is 30.3 Å². The van der Waals surface area contributed by atoms with Crippen molar-refractivity contribution in [2.24, 2.45) is 11.7 Å². The molecule has 2 aliphatic rings. The van der Waals surface area contributed by atoms with Gasteiger partial charge in [-0.1, -0.05) is 54.6 Å².